The van der Waals surface area contributed by atoms with Gasteiger partial charge in [-0.1, -0.05) is 0 Å². The molecular formula is C9H8F2N3NaO4. The van der Waals surface area contributed by atoms with Crippen molar-refractivity contribution in [1.82, 2.24) is 9.96 Å². The van der Waals surface area contributed by atoms with Gasteiger partial charge in [0.15, 0.2) is 0 Å². The number of halogens is 2. The van der Waals surface area contributed by atoms with Crippen LogP contribution in [-0.4, -0.2) is 46.8 Å². The Morgan fingerprint density at radius 2 is 2.16 bits per heavy atom. The Balaban J connectivity index is 0.00000180. The number of alkyl halides is 2. The number of nitrogens with zero attached hydrogens (tertiary/aromatic N) is 3. The Labute approximate surface area is 129 Å². The number of fused-ring (bicyclic) bond motifs is 2. The van der Waals surface area contributed by atoms with Crippen LogP contribution in [0.15, 0.2) is 0 Å². The van der Waals surface area contributed by atoms with Crippen molar-refractivity contribution >= 4 is 12.0 Å². The molecule has 0 N–H and O–H groups in total. The first-order valence-corrected chi connectivity index (χ1v) is 5.11. The van der Waals surface area contributed by atoms with Crippen LogP contribution in [0, 0.1) is 6.57 Å². The average Bonchev–Trinajstić information content (AvgIpc) is 2.55. The van der Waals surface area contributed by atoms with Crippen molar-refractivity contribution < 1.29 is 57.9 Å². The van der Waals surface area contributed by atoms with Crippen LogP contribution in [-0.2, 0) is 9.63 Å². The standard InChI is InChI=1S/C9H9F2N3O4.Na/c1-12-6-3-2-5-4-13(6)8(17)14(5)18-9(10,11)7(15)16;/h5-6H,2-4H2,(H,15,16);/q;+1/p-1/t5-,6+;/m1./s1. The van der Waals surface area contributed by atoms with E-state index in [1.807, 2.05) is 0 Å². The third kappa shape index (κ3) is 2.81. The number of urea groups is 1. The maximum Gasteiger partial charge on any atom is 1.00 e. The molecule has 0 aromatic carbocycles. The first kappa shape index (κ1) is 16.1. The summed E-state index contributed by atoms with van der Waals surface area (Å²) in [6.45, 7) is 6.95. The molecule has 98 valence electrons. The van der Waals surface area contributed by atoms with Gasteiger partial charge in [-0.15, -0.1) is 0 Å². The molecular weight excluding hydrogens is 275 g/mol. The molecule has 7 nitrogen and oxygen atoms in total. The zero-order chi connectivity index (χ0) is 13.5. The van der Waals surface area contributed by atoms with Gasteiger partial charge in [-0.05, 0) is 6.42 Å². The summed E-state index contributed by atoms with van der Waals surface area (Å²) in [6, 6.07) is -1.58. The van der Waals surface area contributed by atoms with Crippen LogP contribution in [0.25, 0.3) is 4.85 Å². The molecule has 0 radical (unpaired) electrons. The van der Waals surface area contributed by atoms with E-state index >= 15 is 0 Å². The van der Waals surface area contributed by atoms with E-state index in [4.69, 9.17) is 6.57 Å². The van der Waals surface area contributed by atoms with E-state index in [0.29, 0.717) is 17.9 Å². The predicted octanol–water partition coefficient (Wildman–Crippen LogP) is -3.59. The fraction of sp³-hybridized carbons (Fsp3) is 0.667. The first-order chi connectivity index (χ1) is 8.36. The summed E-state index contributed by atoms with van der Waals surface area (Å²) >= 11 is 0. The number of hydrogen-bond donors (Lipinski definition) is 0. The van der Waals surface area contributed by atoms with Gasteiger partial charge in [0.1, 0.15) is 5.97 Å². The second kappa shape index (κ2) is 5.58. The van der Waals surface area contributed by atoms with Gasteiger partial charge in [0.2, 0.25) is 0 Å². The van der Waals surface area contributed by atoms with Crippen LogP contribution in [0.1, 0.15) is 12.8 Å². The minimum atomic E-state index is -4.57. The number of rotatable bonds is 3. The molecule has 2 heterocycles. The van der Waals surface area contributed by atoms with Crippen LogP contribution in [0.2, 0.25) is 0 Å². The summed E-state index contributed by atoms with van der Waals surface area (Å²) in [5, 5.41) is 10.5. The van der Waals surface area contributed by atoms with E-state index < -0.39 is 30.3 Å². The molecule has 0 unspecified atom stereocenters. The summed E-state index contributed by atoms with van der Waals surface area (Å²) < 4.78 is 25.7. The Hall–Kier alpha value is -0.950. The van der Waals surface area contributed by atoms with Gasteiger partial charge in [-0.2, -0.15) is 18.7 Å². The molecule has 2 atom stereocenters. The molecule has 2 aliphatic heterocycles. The molecule has 2 aliphatic rings. The number of carbonyl (C=O) groups is 2. The number of hydroxylamine groups is 2. The van der Waals surface area contributed by atoms with Gasteiger partial charge in [0.25, 0.3) is 0 Å². The summed E-state index contributed by atoms with van der Waals surface area (Å²) in [7, 11) is 0. The minimum absolute atomic E-state index is 0. The summed E-state index contributed by atoms with van der Waals surface area (Å²) in [5.41, 5.74) is 0. The van der Waals surface area contributed by atoms with Crippen LogP contribution in [0.3, 0.4) is 0 Å². The van der Waals surface area contributed by atoms with Crippen molar-refractivity contribution in [2.45, 2.75) is 31.2 Å². The zero-order valence-corrected chi connectivity index (χ0v) is 12.0. The average molecular weight is 283 g/mol. The van der Waals surface area contributed by atoms with Crippen molar-refractivity contribution in [2.75, 3.05) is 6.54 Å². The van der Waals surface area contributed by atoms with Crippen LogP contribution < -0.4 is 34.7 Å². The van der Waals surface area contributed by atoms with Gasteiger partial charge in [-0.3, -0.25) is 9.74 Å². The molecule has 0 spiro atoms. The Kier molecular flexibility index (Phi) is 4.73. The van der Waals surface area contributed by atoms with Crippen molar-refractivity contribution in [3.05, 3.63) is 11.4 Å². The van der Waals surface area contributed by atoms with Gasteiger partial charge in [-0.25, -0.2) is 11.4 Å². The molecule has 2 rings (SSSR count). The van der Waals surface area contributed by atoms with E-state index in [2.05, 4.69) is 9.68 Å². The van der Waals surface area contributed by atoms with E-state index in [0.717, 1.165) is 4.90 Å². The van der Waals surface area contributed by atoms with E-state index in [1.54, 1.807) is 0 Å². The second-order valence-corrected chi connectivity index (χ2v) is 4.00. The number of aliphatic carboxylic acids is 1. The summed E-state index contributed by atoms with van der Waals surface area (Å²) in [5.74, 6) is -2.71. The number of carboxylic acids is 1. The molecule has 2 fully saturated rings. The van der Waals surface area contributed by atoms with Crippen molar-refractivity contribution in [3.63, 3.8) is 0 Å². The number of carboxylic acid groups (broad SMARTS) is 1. The van der Waals surface area contributed by atoms with Crippen LogP contribution >= 0.6 is 0 Å². The van der Waals surface area contributed by atoms with Crippen LogP contribution in [0.4, 0.5) is 13.6 Å². The molecule has 10 heteroatoms. The van der Waals surface area contributed by atoms with E-state index in [1.165, 1.54) is 0 Å². The smallest absolute Gasteiger partial charge is 0.542 e. The normalized spacial score (nSPS) is 25.8. The molecule has 2 bridgehead atoms. The van der Waals surface area contributed by atoms with Crippen LogP contribution in [0.5, 0.6) is 0 Å². The first-order valence-electron chi connectivity index (χ1n) is 5.11. The molecule has 2 amide bonds. The van der Waals surface area contributed by atoms with E-state index in [9.17, 15) is 23.5 Å². The van der Waals surface area contributed by atoms with Crippen molar-refractivity contribution in [3.8, 4) is 0 Å². The monoisotopic (exact) mass is 283 g/mol. The van der Waals surface area contributed by atoms with E-state index in [-0.39, 0.29) is 36.1 Å². The number of hydrogen-bond acceptors (Lipinski definition) is 4. The van der Waals surface area contributed by atoms with Gasteiger partial charge >= 0.3 is 47.9 Å². The molecule has 0 aliphatic carbocycles. The van der Waals surface area contributed by atoms with Gasteiger partial charge in [0, 0.05) is 6.42 Å². The van der Waals surface area contributed by atoms with Crippen molar-refractivity contribution in [2.24, 2.45) is 0 Å². The largest absolute Gasteiger partial charge is 1.00 e. The number of piperidine rings is 1. The second-order valence-electron chi connectivity index (χ2n) is 4.00. The minimum Gasteiger partial charge on any atom is -0.542 e. The molecule has 19 heavy (non-hydrogen) atoms. The maximum absolute atomic E-state index is 12.9. The molecule has 0 saturated carbocycles. The Morgan fingerprint density at radius 3 is 2.68 bits per heavy atom. The van der Waals surface area contributed by atoms with Gasteiger partial charge in [0.05, 0.1) is 12.6 Å². The van der Waals surface area contributed by atoms with Crippen molar-refractivity contribution in [1.29, 1.82) is 0 Å². The number of carbonyl (C=O) groups excluding carboxylic acids is 2. The maximum atomic E-state index is 12.9. The third-order valence-corrected chi connectivity index (χ3v) is 2.89. The Morgan fingerprint density at radius 1 is 1.53 bits per heavy atom. The Bertz CT molecular complexity index is 442. The third-order valence-electron chi connectivity index (χ3n) is 2.89. The number of amides is 2. The van der Waals surface area contributed by atoms with Gasteiger partial charge < -0.3 is 9.90 Å². The molecule has 2 saturated heterocycles. The summed E-state index contributed by atoms with van der Waals surface area (Å²) in [6.07, 6.45) is -4.63. The predicted molar refractivity (Wildman–Crippen MR) is 48.4 cm³/mol. The zero-order valence-electron chi connectivity index (χ0n) is 10.0. The molecule has 0 aromatic rings. The quantitative estimate of drug-likeness (QED) is 0.396. The topological polar surface area (TPSA) is 77.3 Å². The fourth-order valence-electron chi connectivity index (χ4n) is 2.03. The summed E-state index contributed by atoms with van der Waals surface area (Å²) in [4.78, 5) is 30.0. The fourth-order valence-corrected chi connectivity index (χ4v) is 2.03. The SMILES string of the molecule is [C-]#[N+][C@@H]1CC[C@@H]2CN1C(=O)N2OC(F)(F)C(=O)[O-].[Na+]. The molecule has 0 aromatic heterocycles.